The second kappa shape index (κ2) is 14.5. The van der Waals surface area contributed by atoms with Crippen molar-refractivity contribution in [1.29, 1.82) is 0 Å². The van der Waals surface area contributed by atoms with E-state index in [1.54, 1.807) is 0 Å². The molecule has 0 radical (unpaired) electrons. The summed E-state index contributed by atoms with van der Waals surface area (Å²) >= 11 is 1.91. The van der Waals surface area contributed by atoms with Gasteiger partial charge in [-0.25, -0.2) is 0 Å². The SMILES string of the molecule is CC1(C)c2ccccc2-c2ccc(N(c3ccc(-c4ccccc4-c4cccc5c4C(C)(C)c4ccccc4-5)cc3)c3ccc(-c4cccc5c4sc4c6ccccc6ccc54)cc3)cc21. The highest BCUT2D eigenvalue weighted by Gasteiger charge is 2.38. The Bertz CT molecular complexity index is 3750. The van der Waals surface area contributed by atoms with E-state index in [-0.39, 0.29) is 10.8 Å². The van der Waals surface area contributed by atoms with Crippen molar-refractivity contribution < 1.29 is 0 Å². The predicted molar refractivity (Wildman–Crippen MR) is 283 cm³/mol. The molecule has 0 aliphatic heterocycles. The molecule has 0 saturated heterocycles. The normalized spacial score (nSPS) is 14.0. The predicted octanol–water partition coefficient (Wildman–Crippen LogP) is 18.3. The molecule has 2 heteroatoms. The topological polar surface area (TPSA) is 3.24 Å². The zero-order valence-corrected chi connectivity index (χ0v) is 38.4. The highest BCUT2D eigenvalue weighted by molar-refractivity contribution is 7.27. The van der Waals surface area contributed by atoms with Crippen LogP contribution in [0.3, 0.4) is 0 Å². The Kier molecular flexibility index (Phi) is 8.54. The van der Waals surface area contributed by atoms with Crippen molar-refractivity contribution in [3.8, 4) is 55.6 Å². The molecule has 0 N–H and O–H groups in total. The average molecular weight is 862 g/mol. The molecule has 66 heavy (non-hydrogen) atoms. The van der Waals surface area contributed by atoms with Crippen molar-refractivity contribution in [2.24, 2.45) is 0 Å². The van der Waals surface area contributed by atoms with E-state index < -0.39 is 0 Å². The first-order valence-electron chi connectivity index (χ1n) is 23.2. The van der Waals surface area contributed by atoms with Crippen LogP contribution in [0, 0.1) is 0 Å². The van der Waals surface area contributed by atoms with Gasteiger partial charge in [-0.15, -0.1) is 11.3 Å². The molecule has 1 heterocycles. The van der Waals surface area contributed by atoms with Crippen LogP contribution in [0.1, 0.15) is 49.9 Å². The summed E-state index contributed by atoms with van der Waals surface area (Å²) in [6, 6.07) is 79.3. The third-order valence-electron chi connectivity index (χ3n) is 14.9. The minimum absolute atomic E-state index is 0.111. The molecule has 0 fully saturated rings. The molecule has 11 aromatic rings. The Morgan fingerprint density at radius 3 is 1.53 bits per heavy atom. The lowest BCUT2D eigenvalue weighted by atomic mass is 9.78. The molecule has 0 atom stereocenters. The van der Waals surface area contributed by atoms with Gasteiger partial charge in [0.1, 0.15) is 0 Å². The molecular formula is C64H47NS. The molecule has 13 rings (SSSR count). The molecular weight excluding hydrogens is 815 g/mol. The Balaban J connectivity index is 0.922. The summed E-state index contributed by atoms with van der Waals surface area (Å²) in [4.78, 5) is 2.44. The first-order valence-corrected chi connectivity index (χ1v) is 24.0. The molecule has 2 aliphatic rings. The number of rotatable bonds is 6. The van der Waals surface area contributed by atoms with Gasteiger partial charge in [0.15, 0.2) is 0 Å². The largest absolute Gasteiger partial charge is 0.310 e. The standard InChI is InChI=1S/C64H47NS/c1-63(2)57-25-11-9-19-50(57)52-38-36-45(39-59(52)63)65(44-34-29-42(30-35-44)48-21-13-24-55-56-37-31-40-15-5-6-17-47(40)62(56)66-61(48)55)43-32-27-41(28-33-43)46-16-7-8-18-49(46)53-22-14-23-54-51-20-10-12-26-58(51)64(3,4)60(53)54/h5-39H,1-4H3. The van der Waals surface area contributed by atoms with Gasteiger partial charge >= 0.3 is 0 Å². The van der Waals surface area contributed by atoms with Crippen LogP contribution in [0.5, 0.6) is 0 Å². The van der Waals surface area contributed by atoms with Gasteiger partial charge in [0, 0.05) is 48.1 Å². The van der Waals surface area contributed by atoms with Crippen LogP contribution in [0.2, 0.25) is 0 Å². The van der Waals surface area contributed by atoms with Crippen molar-refractivity contribution in [3.63, 3.8) is 0 Å². The number of anilines is 3. The lowest BCUT2D eigenvalue weighted by molar-refractivity contribution is 0.660. The third-order valence-corrected chi connectivity index (χ3v) is 16.2. The molecule has 1 nitrogen and oxygen atoms in total. The molecule has 1 aromatic heterocycles. The van der Waals surface area contributed by atoms with Gasteiger partial charge in [-0.2, -0.15) is 0 Å². The maximum absolute atomic E-state index is 2.44. The second-order valence-electron chi connectivity index (χ2n) is 19.2. The molecule has 0 saturated carbocycles. The number of benzene rings is 10. The highest BCUT2D eigenvalue weighted by atomic mass is 32.1. The van der Waals surface area contributed by atoms with Crippen LogP contribution in [0.25, 0.3) is 86.6 Å². The van der Waals surface area contributed by atoms with Crippen molar-refractivity contribution in [1.82, 2.24) is 0 Å². The molecule has 0 bridgehead atoms. The smallest absolute Gasteiger partial charge is 0.0465 e. The van der Waals surface area contributed by atoms with Gasteiger partial charge in [0.2, 0.25) is 0 Å². The zero-order valence-electron chi connectivity index (χ0n) is 37.6. The summed E-state index contributed by atoms with van der Waals surface area (Å²) in [5.41, 5.74) is 21.5. The van der Waals surface area contributed by atoms with Crippen molar-refractivity contribution >= 4 is 59.3 Å². The van der Waals surface area contributed by atoms with Gasteiger partial charge in [-0.1, -0.05) is 204 Å². The van der Waals surface area contributed by atoms with Gasteiger partial charge in [-0.3, -0.25) is 0 Å². The molecule has 314 valence electrons. The van der Waals surface area contributed by atoms with E-state index in [2.05, 4.69) is 245 Å². The minimum atomic E-state index is -0.118. The van der Waals surface area contributed by atoms with E-state index in [1.165, 1.54) is 109 Å². The number of nitrogens with zero attached hydrogens (tertiary/aromatic N) is 1. The van der Waals surface area contributed by atoms with Crippen LogP contribution in [-0.2, 0) is 10.8 Å². The molecule has 2 aliphatic carbocycles. The van der Waals surface area contributed by atoms with E-state index in [1.807, 2.05) is 11.3 Å². The van der Waals surface area contributed by atoms with Crippen LogP contribution >= 0.6 is 11.3 Å². The number of fused-ring (bicyclic) bond motifs is 11. The van der Waals surface area contributed by atoms with Crippen molar-refractivity contribution in [2.75, 3.05) is 4.90 Å². The average Bonchev–Trinajstić information content (AvgIpc) is 3.95. The lowest BCUT2D eigenvalue weighted by Crippen LogP contribution is -2.16. The van der Waals surface area contributed by atoms with Gasteiger partial charge in [0.25, 0.3) is 0 Å². The van der Waals surface area contributed by atoms with Crippen LogP contribution in [0.15, 0.2) is 212 Å². The molecule has 0 unspecified atom stereocenters. The fourth-order valence-corrected chi connectivity index (χ4v) is 13.0. The Morgan fingerprint density at radius 1 is 0.318 bits per heavy atom. The second-order valence-corrected chi connectivity index (χ2v) is 20.2. The Hall–Kier alpha value is -7.52. The molecule has 0 amide bonds. The van der Waals surface area contributed by atoms with E-state index in [9.17, 15) is 0 Å². The van der Waals surface area contributed by atoms with Gasteiger partial charge in [-0.05, 0) is 125 Å². The number of hydrogen-bond donors (Lipinski definition) is 0. The fourth-order valence-electron chi connectivity index (χ4n) is 11.7. The summed E-state index contributed by atoms with van der Waals surface area (Å²) < 4.78 is 2.69. The quantitative estimate of drug-likeness (QED) is 0.161. The van der Waals surface area contributed by atoms with Gasteiger partial charge < -0.3 is 4.90 Å². The lowest BCUT2D eigenvalue weighted by Gasteiger charge is -2.28. The minimum Gasteiger partial charge on any atom is -0.310 e. The summed E-state index contributed by atoms with van der Waals surface area (Å²) in [7, 11) is 0. The number of hydrogen-bond acceptors (Lipinski definition) is 2. The van der Waals surface area contributed by atoms with Crippen LogP contribution in [0.4, 0.5) is 17.1 Å². The van der Waals surface area contributed by atoms with E-state index in [0.29, 0.717) is 0 Å². The number of thiophene rings is 1. The van der Waals surface area contributed by atoms with E-state index in [4.69, 9.17) is 0 Å². The Morgan fingerprint density at radius 2 is 0.803 bits per heavy atom. The maximum Gasteiger partial charge on any atom is 0.0465 e. The third kappa shape index (κ3) is 5.71. The maximum atomic E-state index is 2.44. The first kappa shape index (κ1) is 38.9. The summed E-state index contributed by atoms with van der Waals surface area (Å²) in [5, 5.41) is 5.25. The first-order chi connectivity index (χ1) is 32.3. The fraction of sp³-hybridized carbons (Fsp3) is 0.0938. The zero-order chi connectivity index (χ0) is 44.3. The van der Waals surface area contributed by atoms with E-state index in [0.717, 1.165) is 17.1 Å². The summed E-state index contributed by atoms with van der Waals surface area (Å²) in [5.74, 6) is 0. The van der Waals surface area contributed by atoms with E-state index >= 15 is 0 Å². The van der Waals surface area contributed by atoms with Crippen LogP contribution in [-0.4, -0.2) is 0 Å². The summed E-state index contributed by atoms with van der Waals surface area (Å²) in [6.07, 6.45) is 0. The van der Waals surface area contributed by atoms with Crippen LogP contribution < -0.4 is 4.90 Å². The van der Waals surface area contributed by atoms with Gasteiger partial charge in [0.05, 0.1) is 0 Å². The molecule has 0 spiro atoms. The highest BCUT2D eigenvalue weighted by Crippen LogP contribution is 2.54. The summed E-state index contributed by atoms with van der Waals surface area (Å²) in [6.45, 7) is 9.49. The molecule has 10 aromatic carbocycles. The Labute approximate surface area is 390 Å². The van der Waals surface area contributed by atoms with Crippen molar-refractivity contribution in [2.45, 2.75) is 38.5 Å². The van der Waals surface area contributed by atoms with Crippen molar-refractivity contribution in [3.05, 3.63) is 235 Å². The monoisotopic (exact) mass is 861 g/mol.